The predicted molar refractivity (Wildman–Crippen MR) is 146 cm³/mol. The normalized spacial score (nSPS) is 13.3. The molecule has 0 N–H and O–H groups in total. The quantitative estimate of drug-likeness (QED) is 0.158. The van der Waals surface area contributed by atoms with Gasteiger partial charge < -0.3 is 9.47 Å². The number of allylic oxidation sites excluding steroid dienone is 4. The Morgan fingerprint density at radius 1 is 0.526 bits per heavy atom. The lowest BCUT2D eigenvalue weighted by Crippen LogP contribution is -2.05. The van der Waals surface area contributed by atoms with Gasteiger partial charge in [-0.3, -0.25) is 0 Å². The van der Waals surface area contributed by atoms with Crippen LogP contribution in [0.15, 0.2) is 36.4 Å². The predicted octanol–water partition coefficient (Wildman–Crippen LogP) is 10.2. The third-order valence-electron chi connectivity index (χ3n) is 6.93. The van der Waals surface area contributed by atoms with E-state index in [4.69, 9.17) is 9.47 Å². The van der Waals surface area contributed by atoms with Gasteiger partial charge in [-0.05, 0) is 61.1 Å². The summed E-state index contributed by atoms with van der Waals surface area (Å²) in [7, 11) is 0. The van der Waals surface area contributed by atoms with Crippen molar-refractivity contribution in [3.63, 3.8) is 0 Å². The minimum Gasteiger partial charge on any atom is -0.490 e. The zero-order chi connectivity index (χ0) is 27.3. The molecular formula is C32H40F4O2. The summed E-state index contributed by atoms with van der Waals surface area (Å²) in [6.07, 6.45) is 14.4. The average molecular weight is 533 g/mol. The third kappa shape index (κ3) is 8.12. The molecule has 0 amide bonds. The van der Waals surface area contributed by atoms with E-state index in [1.54, 1.807) is 12.2 Å². The maximum absolute atomic E-state index is 14.9. The summed E-state index contributed by atoms with van der Waals surface area (Å²) < 4.78 is 69.9. The summed E-state index contributed by atoms with van der Waals surface area (Å²) in [6.45, 7) is 4.96. The van der Waals surface area contributed by atoms with Gasteiger partial charge in [-0.2, -0.15) is 8.78 Å². The summed E-state index contributed by atoms with van der Waals surface area (Å²) in [5, 5.41) is 0. The Labute approximate surface area is 224 Å². The van der Waals surface area contributed by atoms with Crippen molar-refractivity contribution in [3.05, 3.63) is 70.8 Å². The molecule has 0 saturated heterocycles. The van der Waals surface area contributed by atoms with E-state index in [2.05, 4.69) is 13.8 Å². The minimum absolute atomic E-state index is 0.0878. The van der Waals surface area contributed by atoms with Crippen LogP contribution < -0.4 is 9.47 Å². The maximum atomic E-state index is 14.9. The molecule has 0 saturated carbocycles. The molecule has 0 aliphatic heterocycles. The number of rotatable bonds is 16. The average Bonchev–Trinajstić information content (AvgIpc) is 2.93. The highest BCUT2D eigenvalue weighted by atomic mass is 19.2. The van der Waals surface area contributed by atoms with Crippen molar-refractivity contribution in [2.24, 2.45) is 0 Å². The van der Waals surface area contributed by atoms with E-state index in [1.807, 2.05) is 0 Å². The lowest BCUT2D eigenvalue weighted by atomic mass is 9.90. The summed E-state index contributed by atoms with van der Waals surface area (Å²) >= 11 is 0. The van der Waals surface area contributed by atoms with Gasteiger partial charge in [0.05, 0.1) is 13.2 Å². The first kappa shape index (κ1) is 29.8. The van der Waals surface area contributed by atoms with E-state index in [1.165, 1.54) is 24.3 Å². The third-order valence-corrected chi connectivity index (χ3v) is 6.93. The van der Waals surface area contributed by atoms with Gasteiger partial charge in [0.15, 0.2) is 23.1 Å². The molecule has 3 rings (SSSR count). The molecule has 2 aromatic carbocycles. The van der Waals surface area contributed by atoms with Crippen molar-refractivity contribution in [3.8, 4) is 11.5 Å². The lowest BCUT2D eigenvalue weighted by Gasteiger charge is -2.17. The van der Waals surface area contributed by atoms with Crippen LogP contribution in [-0.2, 0) is 0 Å². The second-order valence-corrected chi connectivity index (χ2v) is 9.87. The van der Waals surface area contributed by atoms with E-state index in [9.17, 15) is 17.6 Å². The first-order valence-corrected chi connectivity index (χ1v) is 14.1. The highest BCUT2D eigenvalue weighted by molar-refractivity contribution is 5.78. The summed E-state index contributed by atoms with van der Waals surface area (Å²) in [6, 6.07) is 5.95. The van der Waals surface area contributed by atoms with Gasteiger partial charge in [-0.25, -0.2) is 8.78 Å². The van der Waals surface area contributed by atoms with Crippen LogP contribution >= 0.6 is 0 Å². The zero-order valence-electron chi connectivity index (χ0n) is 22.7. The molecule has 0 unspecified atom stereocenters. The monoisotopic (exact) mass is 532 g/mol. The number of hydrogen-bond acceptors (Lipinski definition) is 2. The molecule has 0 aromatic heterocycles. The Kier molecular flexibility index (Phi) is 12.2. The Morgan fingerprint density at radius 2 is 0.921 bits per heavy atom. The smallest absolute Gasteiger partial charge is 0.201 e. The number of ether oxygens (including phenoxy) is 2. The maximum Gasteiger partial charge on any atom is 0.201 e. The largest absolute Gasteiger partial charge is 0.490 e. The van der Waals surface area contributed by atoms with Gasteiger partial charge in [0.2, 0.25) is 11.6 Å². The number of hydrogen-bond donors (Lipinski definition) is 0. The fraction of sp³-hybridized carbons (Fsp3) is 0.500. The first-order valence-electron chi connectivity index (χ1n) is 14.1. The number of unbranched alkanes of at least 4 members (excludes halogenated alkanes) is 8. The van der Waals surface area contributed by atoms with Crippen molar-refractivity contribution in [1.82, 2.24) is 0 Å². The Bertz CT molecular complexity index is 1020. The van der Waals surface area contributed by atoms with Crippen molar-refractivity contribution < 1.29 is 27.0 Å². The molecule has 0 fully saturated rings. The van der Waals surface area contributed by atoms with Gasteiger partial charge in [-0.1, -0.05) is 77.4 Å². The van der Waals surface area contributed by atoms with Crippen LogP contribution in [0.25, 0.3) is 11.1 Å². The van der Waals surface area contributed by atoms with E-state index >= 15 is 0 Å². The highest BCUT2D eigenvalue weighted by Crippen LogP contribution is 2.36. The van der Waals surface area contributed by atoms with Gasteiger partial charge in [-0.15, -0.1) is 0 Å². The molecule has 38 heavy (non-hydrogen) atoms. The molecule has 0 radical (unpaired) electrons. The molecule has 0 bridgehead atoms. The van der Waals surface area contributed by atoms with E-state index in [0.29, 0.717) is 24.4 Å². The van der Waals surface area contributed by atoms with E-state index in [-0.39, 0.29) is 35.5 Å². The van der Waals surface area contributed by atoms with Gasteiger partial charge >= 0.3 is 0 Å². The summed E-state index contributed by atoms with van der Waals surface area (Å²) in [5.41, 5.74) is 1.50. The minimum atomic E-state index is -0.999. The lowest BCUT2D eigenvalue weighted by molar-refractivity contribution is 0.284. The van der Waals surface area contributed by atoms with Crippen LogP contribution in [0.1, 0.15) is 102 Å². The molecule has 1 aliphatic rings. The van der Waals surface area contributed by atoms with Crippen LogP contribution in [0.2, 0.25) is 0 Å². The van der Waals surface area contributed by atoms with Crippen LogP contribution in [0.5, 0.6) is 11.5 Å². The van der Waals surface area contributed by atoms with Crippen LogP contribution in [-0.4, -0.2) is 13.2 Å². The van der Waals surface area contributed by atoms with E-state index < -0.39 is 23.3 Å². The molecule has 0 heterocycles. The molecule has 6 heteroatoms. The highest BCUT2D eigenvalue weighted by Gasteiger charge is 2.21. The van der Waals surface area contributed by atoms with Crippen molar-refractivity contribution in [2.45, 2.75) is 90.9 Å². The first-order chi connectivity index (χ1) is 18.5. The molecule has 2 nitrogen and oxygen atoms in total. The van der Waals surface area contributed by atoms with Gasteiger partial charge in [0.25, 0.3) is 0 Å². The molecule has 2 aromatic rings. The van der Waals surface area contributed by atoms with Crippen LogP contribution in [0.4, 0.5) is 17.6 Å². The zero-order valence-corrected chi connectivity index (χ0v) is 22.7. The van der Waals surface area contributed by atoms with Gasteiger partial charge in [0.1, 0.15) is 0 Å². The van der Waals surface area contributed by atoms with Crippen LogP contribution in [0, 0.1) is 23.3 Å². The molecule has 0 atom stereocenters. The van der Waals surface area contributed by atoms with Gasteiger partial charge in [0, 0.05) is 11.1 Å². The summed E-state index contributed by atoms with van der Waals surface area (Å²) in [4.78, 5) is 0. The Morgan fingerprint density at radius 3 is 1.29 bits per heavy atom. The molecular weight excluding hydrogens is 492 g/mol. The Balaban J connectivity index is 1.58. The Hall–Kier alpha value is -2.76. The fourth-order valence-electron chi connectivity index (χ4n) is 4.63. The van der Waals surface area contributed by atoms with E-state index in [0.717, 1.165) is 64.2 Å². The molecule has 0 spiro atoms. The number of benzene rings is 2. The van der Waals surface area contributed by atoms with Crippen molar-refractivity contribution >= 4 is 11.1 Å². The summed E-state index contributed by atoms with van der Waals surface area (Å²) in [5.74, 6) is -4.08. The second kappa shape index (κ2) is 15.6. The van der Waals surface area contributed by atoms with Crippen LogP contribution in [0.3, 0.4) is 0 Å². The van der Waals surface area contributed by atoms with Crippen molar-refractivity contribution in [2.75, 3.05) is 13.2 Å². The molecule has 208 valence electrons. The standard InChI is InChI=1S/C32H40F4O2/c1-3-5-7-9-11-21-37-27-19-17-25(29(33)31(27)35)23-13-15-24(16-14-23)26-18-20-28(32(36)30(26)34)38-22-12-10-8-6-4-2/h13,16-20H,3-12,14-15,21-22H2,1-2H3. The topological polar surface area (TPSA) is 18.5 Å². The SMILES string of the molecule is CCCCCCCOc1ccc(C2=CCC(c3ccc(OCCCCCCC)c(F)c3F)=CC2)c(F)c1F. The molecule has 1 aliphatic carbocycles. The van der Waals surface area contributed by atoms with Crippen molar-refractivity contribution in [1.29, 1.82) is 0 Å². The second-order valence-electron chi connectivity index (χ2n) is 9.87. The number of halogens is 4. The fourth-order valence-corrected chi connectivity index (χ4v) is 4.63.